The van der Waals surface area contributed by atoms with Crippen LogP contribution in [0.2, 0.25) is 5.02 Å². The van der Waals surface area contributed by atoms with Crippen molar-refractivity contribution in [1.29, 1.82) is 0 Å². The summed E-state index contributed by atoms with van der Waals surface area (Å²) in [6.07, 6.45) is 0.286. The molecular weight excluding hydrogens is 358 g/mol. The van der Waals surface area contributed by atoms with Gasteiger partial charge in [0.2, 0.25) is 5.91 Å². The summed E-state index contributed by atoms with van der Waals surface area (Å²) in [7, 11) is 0. The zero-order chi connectivity index (χ0) is 17.6. The third kappa shape index (κ3) is 4.60. The van der Waals surface area contributed by atoms with Gasteiger partial charge in [-0.2, -0.15) is 0 Å². The first kappa shape index (κ1) is 17.9. The Morgan fingerprint density at radius 3 is 2.96 bits per heavy atom. The van der Waals surface area contributed by atoms with E-state index in [0.717, 1.165) is 12.1 Å². The van der Waals surface area contributed by atoms with Crippen LogP contribution in [0, 0.1) is 0 Å². The van der Waals surface area contributed by atoms with Crippen LogP contribution in [0.5, 0.6) is 0 Å². The summed E-state index contributed by atoms with van der Waals surface area (Å²) >= 11 is 7.48. The van der Waals surface area contributed by atoms with Gasteiger partial charge in [0.05, 0.1) is 10.9 Å². The lowest BCUT2D eigenvalue weighted by Gasteiger charge is -2.36. The Bertz CT molecular complexity index is 736. The summed E-state index contributed by atoms with van der Waals surface area (Å²) in [4.78, 5) is 27.1. The number of hydrogen-bond acceptors (Lipinski definition) is 4. The molecule has 1 aliphatic heterocycles. The first-order chi connectivity index (χ1) is 12.1. The third-order valence-corrected chi connectivity index (χ3v) is 5.27. The van der Waals surface area contributed by atoms with Crippen molar-refractivity contribution in [2.75, 3.05) is 26.2 Å². The van der Waals surface area contributed by atoms with Crippen LogP contribution in [0.4, 0.5) is 0 Å². The molecule has 2 N–H and O–H groups in total. The Balaban J connectivity index is 1.58. The van der Waals surface area contributed by atoms with Gasteiger partial charge in [0.15, 0.2) is 0 Å². The van der Waals surface area contributed by atoms with Crippen LogP contribution in [0.25, 0.3) is 0 Å². The summed E-state index contributed by atoms with van der Waals surface area (Å²) in [5.41, 5.74) is 1.02. The van der Waals surface area contributed by atoms with Crippen molar-refractivity contribution in [1.82, 2.24) is 15.5 Å². The van der Waals surface area contributed by atoms with E-state index in [1.807, 2.05) is 40.6 Å². The van der Waals surface area contributed by atoms with Gasteiger partial charge >= 0.3 is 0 Å². The van der Waals surface area contributed by atoms with Gasteiger partial charge in [-0.1, -0.05) is 29.8 Å². The highest BCUT2D eigenvalue weighted by atomic mass is 35.5. The summed E-state index contributed by atoms with van der Waals surface area (Å²) in [6.45, 7) is 2.45. The summed E-state index contributed by atoms with van der Waals surface area (Å²) < 4.78 is 0. The van der Waals surface area contributed by atoms with Crippen LogP contribution in [0.3, 0.4) is 0 Å². The second-order valence-corrected chi connectivity index (χ2v) is 7.23. The van der Waals surface area contributed by atoms with Crippen LogP contribution in [0.1, 0.15) is 27.7 Å². The van der Waals surface area contributed by atoms with Gasteiger partial charge in [0.25, 0.3) is 5.91 Å². The number of rotatable bonds is 5. The maximum absolute atomic E-state index is 12.7. The molecular formula is C18H20ClN3O2S. The molecule has 1 saturated heterocycles. The lowest BCUT2D eigenvalue weighted by atomic mass is 10.0. The minimum absolute atomic E-state index is 0.0343. The molecule has 2 heterocycles. The van der Waals surface area contributed by atoms with Crippen molar-refractivity contribution < 1.29 is 9.59 Å². The zero-order valence-corrected chi connectivity index (χ0v) is 15.3. The predicted octanol–water partition coefficient (Wildman–Crippen LogP) is 2.69. The van der Waals surface area contributed by atoms with Gasteiger partial charge in [-0.3, -0.25) is 9.59 Å². The van der Waals surface area contributed by atoms with E-state index in [4.69, 9.17) is 11.6 Å². The average molecular weight is 378 g/mol. The molecule has 1 atom stereocenters. The molecule has 2 amide bonds. The maximum Gasteiger partial charge on any atom is 0.261 e. The van der Waals surface area contributed by atoms with Crippen molar-refractivity contribution in [3.8, 4) is 0 Å². The van der Waals surface area contributed by atoms with E-state index in [9.17, 15) is 9.59 Å². The summed E-state index contributed by atoms with van der Waals surface area (Å²) in [5, 5.41) is 8.65. The van der Waals surface area contributed by atoms with E-state index >= 15 is 0 Å². The zero-order valence-electron chi connectivity index (χ0n) is 13.7. The predicted molar refractivity (Wildman–Crippen MR) is 100 cm³/mol. The smallest absolute Gasteiger partial charge is 0.261 e. The fraction of sp³-hybridized carbons (Fsp3) is 0.333. The largest absolute Gasteiger partial charge is 0.351 e. The van der Waals surface area contributed by atoms with E-state index in [-0.39, 0.29) is 24.3 Å². The summed E-state index contributed by atoms with van der Waals surface area (Å²) in [6, 6.07) is 11.2. The highest BCUT2D eigenvalue weighted by molar-refractivity contribution is 7.12. The topological polar surface area (TPSA) is 61.4 Å². The molecule has 2 aromatic rings. The van der Waals surface area contributed by atoms with Crippen molar-refractivity contribution in [2.24, 2.45) is 0 Å². The molecule has 0 spiro atoms. The van der Waals surface area contributed by atoms with Crippen LogP contribution >= 0.6 is 22.9 Å². The second kappa shape index (κ2) is 8.47. The maximum atomic E-state index is 12.7. The van der Waals surface area contributed by atoms with Gasteiger partial charge in [-0.25, -0.2) is 0 Å². The first-order valence-corrected chi connectivity index (χ1v) is 9.48. The summed E-state index contributed by atoms with van der Waals surface area (Å²) in [5.74, 6) is -0.0903. The van der Waals surface area contributed by atoms with E-state index in [1.54, 1.807) is 6.07 Å². The molecule has 3 rings (SSSR count). The Labute approximate surface area is 156 Å². The number of amides is 2. The third-order valence-electron chi connectivity index (χ3n) is 4.17. The lowest BCUT2D eigenvalue weighted by molar-refractivity contribution is -0.134. The second-order valence-electron chi connectivity index (χ2n) is 5.85. The number of hydrogen-bond donors (Lipinski definition) is 2. The minimum Gasteiger partial charge on any atom is -0.351 e. The SMILES string of the molecule is O=C(NCCC(=O)N1CCNCC1c1cccc(Cl)c1)c1cccs1. The Kier molecular flexibility index (Phi) is 6.07. The Morgan fingerprint density at radius 1 is 1.32 bits per heavy atom. The van der Waals surface area contributed by atoms with E-state index in [2.05, 4.69) is 10.6 Å². The first-order valence-electron chi connectivity index (χ1n) is 8.22. The molecule has 0 saturated carbocycles. The van der Waals surface area contributed by atoms with Crippen molar-refractivity contribution in [3.63, 3.8) is 0 Å². The molecule has 0 aliphatic carbocycles. The van der Waals surface area contributed by atoms with Gasteiger partial charge in [0.1, 0.15) is 0 Å². The molecule has 1 aromatic carbocycles. The lowest BCUT2D eigenvalue weighted by Crippen LogP contribution is -2.49. The van der Waals surface area contributed by atoms with Crippen LogP contribution in [-0.4, -0.2) is 42.9 Å². The van der Waals surface area contributed by atoms with Gasteiger partial charge in [-0.15, -0.1) is 11.3 Å². The molecule has 1 unspecified atom stereocenters. The monoisotopic (exact) mass is 377 g/mol. The molecule has 5 nitrogen and oxygen atoms in total. The molecule has 25 heavy (non-hydrogen) atoms. The van der Waals surface area contributed by atoms with E-state index in [0.29, 0.717) is 29.5 Å². The van der Waals surface area contributed by atoms with Crippen LogP contribution < -0.4 is 10.6 Å². The minimum atomic E-state index is -0.130. The van der Waals surface area contributed by atoms with Gasteiger partial charge in [0, 0.05) is 37.6 Å². The fourth-order valence-electron chi connectivity index (χ4n) is 2.94. The Morgan fingerprint density at radius 2 is 2.20 bits per heavy atom. The number of halogens is 1. The van der Waals surface area contributed by atoms with Gasteiger partial charge < -0.3 is 15.5 Å². The quantitative estimate of drug-likeness (QED) is 0.842. The highest BCUT2D eigenvalue weighted by Crippen LogP contribution is 2.25. The Hall–Kier alpha value is -1.89. The number of benzene rings is 1. The molecule has 1 aromatic heterocycles. The number of thiophene rings is 1. The average Bonchev–Trinajstić information content (AvgIpc) is 3.16. The van der Waals surface area contributed by atoms with E-state index in [1.165, 1.54) is 11.3 Å². The standard InChI is InChI=1S/C18H20ClN3O2S/c19-14-4-1-3-13(11-14)15-12-20-8-9-22(15)17(23)6-7-21-18(24)16-5-2-10-25-16/h1-5,10-11,15,20H,6-9,12H2,(H,21,24). The number of piperazine rings is 1. The van der Waals surface area contributed by atoms with Crippen molar-refractivity contribution in [2.45, 2.75) is 12.5 Å². The molecule has 1 aliphatic rings. The van der Waals surface area contributed by atoms with Crippen molar-refractivity contribution >= 4 is 34.8 Å². The molecule has 0 radical (unpaired) electrons. The highest BCUT2D eigenvalue weighted by Gasteiger charge is 2.27. The molecule has 0 bridgehead atoms. The van der Waals surface area contributed by atoms with Crippen LogP contribution in [-0.2, 0) is 4.79 Å². The fourth-order valence-corrected chi connectivity index (χ4v) is 3.77. The number of carbonyl (C=O) groups excluding carboxylic acids is 2. The molecule has 132 valence electrons. The van der Waals surface area contributed by atoms with Gasteiger partial charge in [-0.05, 0) is 29.1 Å². The normalized spacial score (nSPS) is 17.3. The number of carbonyl (C=O) groups is 2. The number of nitrogens with zero attached hydrogens (tertiary/aromatic N) is 1. The molecule has 7 heteroatoms. The number of nitrogens with one attached hydrogen (secondary N) is 2. The van der Waals surface area contributed by atoms with E-state index < -0.39 is 0 Å². The van der Waals surface area contributed by atoms with Crippen molar-refractivity contribution in [3.05, 3.63) is 57.2 Å². The van der Waals surface area contributed by atoms with Crippen LogP contribution in [0.15, 0.2) is 41.8 Å². The molecule has 1 fully saturated rings.